The minimum atomic E-state index is 0.705. The molecule has 1 aliphatic heterocycles. The second kappa shape index (κ2) is 4.92. The standard InChI is InChI=1S/C16H21N3S/c17-15-13(7-8-14-16(15)18-10-20-14)19-9-3-5-11-4-1-2-6-12(11)19/h7-8,10-12H,1-6,9,17H2. The summed E-state index contributed by atoms with van der Waals surface area (Å²) in [5.74, 6) is 0.878. The van der Waals surface area contributed by atoms with Gasteiger partial charge in [0.25, 0.3) is 0 Å². The minimum absolute atomic E-state index is 0.705. The third kappa shape index (κ3) is 1.89. The number of thiazole rings is 1. The highest BCUT2D eigenvalue weighted by molar-refractivity contribution is 7.16. The molecule has 4 heteroatoms. The highest BCUT2D eigenvalue weighted by atomic mass is 32.1. The van der Waals surface area contributed by atoms with Crippen molar-refractivity contribution in [3.63, 3.8) is 0 Å². The molecule has 2 aliphatic rings. The van der Waals surface area contributed by atoms with Crippen LogP contribution in [-0.4, -0.2) is 17.6 Å². The second-order valence-electron chi connectivity index (χ2n) is 6.14. The number of aromatic nitrogens is 1. The highest BCUT2D eigenvalue weighted by Gasteiger charge is 2.34. The van der Waals surface area contributed by atoms with E-state index in [4.69, 9.17) is 5.73 Å². The quantitative estimate of drug-likeness (QED) is 0.805. The molecule has 1 aromatic carbocycles. The van der Waals surface area contributed by atoms with Gasteiger partial charge in [-0.3, -0.25) is 0 Å². The molecule has 0 radical (unpaired) electrons. The van der Waals surface area contributed by atoms with Crippen LogP contribution < -0.4 is 10.6 Å². The number of hydrogen-bond donors (Lipinski definition) is 1. The van der Waals surface area contributed by atoms with E-state index in [1.807, 2.05) is 5.51 Å². The Morgan fingerprint density at radius 1 is 1.15 bits per heavy atom. The molecular formula is C16H21N3S. The first-order valence-electron chi connectivity index (χ1n) is 7.73. The van der Waals surface area contributed by atoms with Gasteiger partial charge >= 0.3 is 0 Å². The average molecular weight is 287 g/mol. The second-order valence-corrected chi connectivity index (χ2v) is 7.03. The monoisotopic (exact) mass is 287 g/mol. The molecule has 1 saturated heterocycles. The number of fused-ring (bicyclic) bond motifs is 2. The van der Waals surface area contributed by atoms with E-state index in [1.54, 1.807) is 11.3 Å². The highest BCUT2D eigenvalue weighted by Crippen LogP contribution is 2.41. The van der Waals surface area contributed by atoms with Crippen LogP contribution in [0.15, 0.2) is 17.6 Å². The van der Waals surface area contributed by atoms with Crippen molar-refractivity contribution >= 4 is 32.9 Å². The van der Waals surface area contributed by atoms with E-state index in [-0.39, 0.29) is 0 Å². The summed E-state index contributed by atoms with van der Waals surface area (Å²) in [6, 6.07) is 5.11. The van der Waals surface area contributed by atoms with Crippen LogP contribution in [0.3, 0.4) is 0 Å². The van der Waals surface area contributed by atoms with E-state index in [0.29, 0.717) is 6.04 Å². The number of anilines is 2. The summed E-state index contributed by atoms with van der Waals surface area (Å²) in [5.41, 5.74) is 11.4. The average Bonchev–Trinajstić information content (AvgIpc) is 2.97. The summed E-state index contributed by atoms with van der Waals surface area (Å²) in [5, 5.41) is 0. The van der Waals surface area contributed by atoms with E-state index >= 15 is 0 Å². The van der Waals surface area contributed by atoms with Crippen LogP contribution in [-0.2, 0) is 0 Å². The third-order valence-corrected chi connectivity index (χ3v) is 5.87. The zero-order chi connectivity index (χ0) is 13.5. The Kier molecular flexibility index (Phi) is 3.06. The predicted molar refractivity (Wildman–Crippen MR) is 86.4 cm³/mol. The normalized spacial score (nSPS) is 26.7. The Labute approximate surface area is 123 Å². The van der Waals surface area contributed by atoms with Crippen LogP contribution in [0.5, 0.6) is 0 Å². The van der Waals surface area contributed by atoms with E-state index in [1.165, 1.54) is 48.9 Å². The first-order valence-corrected chi connectivity index (χ1v) is 8.61. The Bertz CT molecular complexity index is 619. The molecule has 3 nitrogen and oxygen atoms in total. The fourth-order valence-electron chi connectivity index (χ4n) is 4.12. The molecular weight excluding hydrogens is 266 g/mol. The van der Waals surface area contributed by atoms with Gasteiger partial charge < -0.3 is 10.6 Å². The Morgan fingerprint density at radius 2 is 2.00 bits per heavy atom. The van der Waals surface area contributed by atoms with E-state index < -0.39 is 0 Å². The van der Waals surface area contributed by atoms with Crippen molar-refractivity contribution < 1.29 is 0 Å². The molecule has 2 aromatic rings. The van der Waals surface area contributed by atoms with Crippen molar-refractivity contribution in [2.75, 3.05) is 17.2 Å². The number of nitrogen functional groups attached to an aromatic ring is 1. The van der Waals surface area contributed by atoms with Gasteiger partial charge in [0.05, 0.1) is 21.6 Å². The predicted octanol–water partition coefficient (Wildman–Crippen LogP) is 4.04. The van der Waals surface area contributed by atoms with Gasteiger partial charge in [-0.2, -0.15) is 0 Å². The van der Waals surface area contributed by atoms with Crippen LogP contribution in [0.2, 0.25) is 0 Å². The smallest absolute Gasteiger partial charge is 0.106 e. The molecule has 1 saturated carbocycles. The molecule has 2 heterocycles. The van der Waals surface area contributed by atoms with Gasteiger partial charge in [0, 0.05) is 12.6 Å². The number of hydrogen-bond acceptors (Lipinski definition) is 4. The van der Waals surface area contributed by atoms with Crippen LogP contribution in [0.4, 0.5) is 11.4 Å². The van der Waals surface area contributed by atoms with Gasteiger partial charge in [0.1, 0.15) is 5.52 Å². The van der Waals surface area contributed by atoms with Crippen molar-refractivity contribution in [2.45, 2.75) is 44.6 Å². The lowest BCUT2D eigenvalue weighted by atomic mass is 9.78. The van der Waals surface area contributed by atoms with Crippen LogP contribution in [0, 0.1) is 5.92 Å². The fraction of sp³-hybridized carbons (Fsp3) is 0.562. The van der Waals surface area contributed by atoms with Crippen molar-refractivity contribution in [3.05, 3.63) is 17.6 Å². The Hall–Kier alpha value is -1.29. The SMILES string of the molecule is Nc1c(N2CCCC3CCCCC32)ccc2scnc12. The summed E-state index contributed by atoms with van der Waals surface area (Å²) < 4.78 is 1.20. The molecule has 0 amide bonds. The largest absolute Gasteiger partial charge is 0.395 e. The maximum atomic E-state index is 6.42. The summed E-state index contributed by atoms with van der Waals surface area (Å²) in [7, 11) is 0. The van der Waals surface area contributed by atoms with Gasteiger partial charge in [0.15, 0.2) is 0 Å². The van der Waals surface area contributed by atoms with E-state index in [0.717, 1.165) is 23.7 Å². The molecule has 106 valence electrons. The molecule has 4 rings (SSSR count). The molecule has 0 spiro atoms. The minimum Gasteiger partial charge on any atom is -0.395 e. The van der Waals surface area contributed by atoms with Gasteiger partial charge in [-0.1, -0.05) is 12.8 Å². The molecule has 2 unspecified atom stereocenters. The number of rotatable bonds is 1. The lowest BCUT2D eigenvalue weighted by Crippen LogP contribution is -2.47. The molecule has 2 fully saturated rings. The molecule has 2 atom stereocenters. The first-order chi connectivity index (χ1) is 9.84. The van der Waals surface area contributed by atoms with Crippen LogP contribution >= 0.6 is 11.3 Å². The van der Waals surface area contributed by atoms with Crippen LogP contribution in [0.25, 0.3) is 10.2 Å². The number of piperidine rings is 1. The topological polar surface area (TPSA) is 42.1 Å². The van der Waals surface area contributed by atoms with Crippen LogP contribution in [0.1, 0.15) is 38.5 Å². The Balaban J connectivity index is 1.75. The van der Waals surface area contributed by atoms with Gasteiger partial charge in [-0.15, -0.1) is 11.3 Å². The third-order valence-electron chi connectivity index (χ3n) is 5.07. The first kappa shape index (κ1) is 12.5. The lowest BCUT2D eigenvalue weighted by Gasteiger charge is -2.45. The molecule has 2 N–H and O–H groups in total. The number of nitrogens with zero attached hydrogens (tertiary/aromatic N) is 2. The summed E-state index contributed by atoms with van der Waals surface area (Å²) >= 11 is 1.67. The zero-order valence-corrected chi connectivity index (χ0v) is 12.5. The van der Waals surface area contributed by atoms with E-state index in [9.17, 15) is 0 Å². The molecule has 20 heavy (non-hydrogen) atoms. The fourth-order valence-corrected chi connectivity index (χ4v) is 4.81. The maximum Gasteiger partial charge on any atom is 0.106 e. The number of benzene rings is 1. The lowest BCUT2D eigenvalue weighted by molar-refractivity contribution is 0.244. The van der Waals surface area contributed by atoms with Crippen molar-refractivity contribution in [3.8, 4) is 0 Å². The zero-order valence-electron chi connectivity index (χ0n) is 11.7. The summed E-state index contributed by atoms with van der Waals surface area (Å²) in [4.78, 5) is 7.03. The number of nitrogens with two attached hydrogens (primary N) is 1. The van der Waals surface area contributed by atoms with Gasteiger partial charge in [0.2, 0.25) is 0 Å². The van der Waals surface area contributed by atoms with Gasteiger partial charge in [-0.25, -0.2) is 4.98 Å². The van der Waals surface area contributed by atoms with Gasteiger partial charge in [-0.05, 0) is 43.7 Å². The summed E-state index contributed by atoms with van der Waals surface area (Å²) in [6.07, 6.45) is 8.22. The maximum absolute atomic E-state index is 6.42. The molecule has 1 aliphatic carbocycles. The molecule has 0 bridgehead atoms. The van der Waals surface area contributed by atoms with Crippen molar-refractivity contribution in [1.82, 2.24) is 4.98 Å². The molecule has 1 aromatic heterocycles. The summed E-state index contributed by atoms with van der Waals surface area (Å²) in [6.45, 7) is 1.15. The Morgan fingerprint density at radius 3 is 2.95 bits per heavy atom. The van der Waals surface area contributed by atoms with E-state index in [2.05, 4.69) is 22.0 Å². The van der Waals surface area contributed by atoms with Crippen molar-refractivity contribution in [2.24, 2.45) is 5.92 Å². The van der Waals surface area contributed by atoms with Crippen molar-refractivity contribution in [1.29, 1.82) is 0 Å².